The van der Waals surface area contributed by atoms with Gasteiger partial charge in [0.1, 0.15) is 18.2 Å². The first kappa shape index (κ1) is 20.7. The second kappa shape index (κ2) is 8.64. The van der Waals surface area contributed by atoms with Gasteiger partial charge < -0.3 is 15.0 Å². The molecule has 31 heavy (non-hydrogen) atoms. The van der Waals surface area contributed by atoms with Gasteiger partial charge in [0, 0.05) is 27.8 Å². The first-order chi connectivity index (χ1) is 14.9. The number of aromatic amines is 1. The highest BCUT2D eigenvalue weighted by molar-refractivity contribution is 5.97. The number of carbonyl (C=O) groups excluding carboxylic acids is 1. The number of hydrogen-bond donors (Lipinski definition) is 2. The fraction of sp³-hybridized carbons (Fsp3) is 0.192. The number of ether oxygens (including phenoxy) is 1. The van der Waals surface area contributed by atoms with E-state index in [1.54, 1.807) is 42.5 Å². The third-order valence-corrected chi connectivity index (χ3v) is 5.40. The van der Waals surface area contributed by atoms with Gasteiger partial charge in [0.15, 0.2) is 0 Å². The van der Waals surface area contributed by atoms with E-state index in [9.17, 15) is 9.18 Å². The standard InChI is InChI=1S/C26H25FN2O2/c1-16-12-17(2)26-23(13-16)22(18(3)28-26)14-25(30)29-20-8-10-21(11-9-20)31-15-19-6-4-5-7-24(19)27/h4-13,28H,14-15H2,1-3H3,(H,29,30). The maximum Gasteiger partial charge on any atom is 0.228 e. The first-order valence-corrected chi connectivity index (χ1v) is 10.2. The number of amides is 1. The molecule has 0 radical (unpaired) electrons. The molecule has 0 spiro atoms. The van der Waals surface area contributed by atoms with Gasteiger partial charge in [0.05, 0.1) is 6.42 Å². The van der Waals surface area contributed by atoms with Crippen LogP contribution in [0.2, 0.25) is 0 Å². The van der Waals surface area contributed by atoms with Crippen LogP contribution in [0.4, 0.5) is 10.1 Å². The third kappa shape index (κ3) is 4.61. The summed E-state index contributed by atoms with van der Waals surface area (Å²) in [4.78, 5) is 16.1. The Morgan fingerprint density at radius 3 is 2.52 bits per heavy atom. The summed E-state index contributed by atoms with van der Waals surface area (Å²) < 4.78 is 19.3. The minimum atomic E-state index is -0.288. The van der Waals surface area contributed by atoms with Crippen molar-refractivity contribution in [2.24, 2.45) is 0 Å². The van der Waals surface area contributed by atoms with E-state index in [2.05, 4.69) is 36.3 Å². The minimum Gasteiger partial charge on any atom is -0.489 e. The number of benzene rings is 3. The first-order valence-electron chi connectivity index (χ1n) is 10.2. The molecule has 0 aliphatic rings. The van der Waals surface area contributed by atoms with Crippen LogP contribution >= 0.6 is 0 Å². The summed E-state index contributed by atoms with van der Waals surface area (Å²) in [6, 6.07) is 17.9. The number of fused-ring (bicyclic) bond motifs is 1. The zero-order valence-electron chi connectivity index (χ0n) is 17.9. The number of H-pyrrole nitrogens is 1. The van der Waals surface area contributed by atoms with Crippen LogP contribution in [0.15, 0.2) is 60.7 Å². The molecule has 158 valence electrons. The van der Waals surface area contributed by atoms with Gasteiger partial charge in [-0.1, -0.05) is 29.8 Å². The second-order valence-electron chi connectivity index (χ2n) is 7.86. The fourth-order valence-electron chi connectivity index (χ4n) is 3.84. The average Bonchev–Trinajstić information content (AvgIpc) is 3.04. The summed E-state index contributed by atoms with van der Waals surface area (Å²) in [7, 11) is 0. The van der Waals surface area contributed by atoms with E-state index < -0.39 is 0 Å². The van der Waals surface area contributed by atoms with Crippen molar-refractivity contribution in [1.82, 2.24) is 4.98 Å². The highest BCUT2D eigenvalue weighted by atomic mass is 19.1. The number of aromatic nitrogens is 1. The number of anilines is 1. The molecule has 4 nitrogen and oxygen atoms in total. The lowest BCUT2D eigenvalue weighted by molar-refractivity contribution is -0.115. The number of aryl methyl sites for hydroxylation is 3. The molecule has 0 saturated carbocycles. The van der Waals surface area contributed by atoms with Gasteiger partial charge in [-0.25, -0.2) is 4.39 Å². The van der Waals surface area contributed by atoms with Crippen molar-refractivity contribution in [2.45, 2.75) is 33.8 Å². The number of halogens is 1. The molecular weight excluding hydrogens is 391 g/mol. The lowest BCUT2D eigenvalue weighted by Gasteiger charge is -2.09. The molecule has 5 heteroatoms. The van der Waals surface area contributed by atoms with Gasteiger partial charge in [-0.05, 0) is 68.3 Å². The molecule has 4 rings (SSSR count). The van der Waals surface area contributed by atoms with Crippen LogP contribution in [0.3, 0.4) is 0 Å². The van der Waals surface area contributed by atoms with Crippen LogP contribution in [0, 0.1) is 26.6 Å². The molecule has 3 aromatic carbocycles. The zero-order valence-corrected chi connectivity index (χ0v) is 17.9. The molecule has 0 saturated heterocycles. The number of carbonyl (C=O) groups is 1. The predicted molar refractivity (Wildman–Crippen MR) is 122 cm³/mol. The molecule has 0 aliphatic carbocycles. The van der Waals surface area contributed by atoms with Crippen molar-refractivity contribution in [1.29, 1.82) is 0 Å². The monoisotopic (exact) mass is 416 g/mol. The Morgan fingerprint density at radius 1 is 1.03 bits per heavy atom. The van der Waals surface area contributed by atoms with E-state index in [1.165, 1.54) is 17.2 Å². The topological polar surface area (TPSA) is 54.1 Å². The summed E-state index contributed by atoms with van der Waals surface area (Å²) in [5.74, 6) is 0.243. The number of nitrogens with one attached hydrogen (secondary N) is 2. The highest BCUT2D eigenvalue weighted by Gasteiger charge is 2.14. The molecule has 0 fully saturated rings. The Hall–Kier alpha value is -3.60. The van der Waals surface area contributed by atoms with Gasteiger partial charge >= 0.3 is 0 Å². The van der Waals surface area contributed by atoms with Crippen LogP contribution in [0.1, 0.15) is 27.9 Å². The summed E-state index contributed by atoms with van der Waals surface area (Å²) in [6.07, 6.45) is 0.292. The minimum absolute atomic E-state index is 0.0804. The Morgan fingerprint density at radius 2 is 1.77 bits per heavy atom. The molecule has 0 aliphatic heterocycles. The van der Waals surface area contributed by atoms with E-state index in [0.29, 0.717) is 23.4 Å². The van der Waals surface area contributed by atoms with Crippen LogP contribution in [-0.2, 0) is 17.8 Å². The SMILES string of the molecule is Cc1cc(C)c2[nH]c(C)c(CC(=O)Nc3ccc(OCc4ccccc4F)cc3)c2c1. The van der Waals surface area contributed by atoms with Crippen molar-refractivity contribution in [3.8, 4) is 5.75 Å². The largest absolute Gasteiger partial charge is 0.489 e. The van der Waals surface area contributed by atoms with Crippen molar-refractivity contribution < 1.29 is 13.9 Å². The quantitative estimate of drug-likeness (QED) is 0.405. The maximum absolute atomic E-state index is 13.7. The Labute approximate surface area is 181 Å². The zero-order chi connectivity index (χ0) is 22.0. The van der Waals surface area contributed by atoms with Gasteiger partial charge in [0.25, 0.3) is 0 Å². The van der Waals surface area contributed by atoms with Gasteiger partial charge in [-0.2, -0.15) is 0 Å². The molecular formula is C26H25FN2O2. The molecule has 2 N–H and O–H groups in total. The lowest BCUT2D eigenvalue weighted by Crippen LogP contribution is -2.14. The smallest absolute Gasteiger partial charge is 0.228 e. The summed E-state index contributed by atoms with van der Waals surface area (Å²) in [5.41, 5.74) is 6.65. The van der Waals surface area contributed by atoms with E-state index >= 15 is 0 Å². The molecule has 0 atom stereocenters. The molecule has 1 heterocycles. The predicted octanol–water partition coefficient (Wildman–Crippen LogP) is 5.99. The van der Waals surface area contributed by atoms with Crippen LogP contribution < -0.4 is 10.1 Å². The molecule has 4 aromatic rings. The van der Waals surface area contributed by atoms with Crippen molar-refractivity contribution in [3.05, 3.63) is 94.4 Å². The fourth-order valence-corrected chi connectivity index (χ4v) is 3.84. The molecule has 1 aromatic heterocycles. The molecule has 0 bridgehead atoms. The number of rotatable bonds is 6. The van der Waals surface area contributed by atoms with E-state index in [4.69, 9.17) is 4.74 Å². The summed E-state index contributed by atoms with van der Waals surface area (Å²) in [5, 5.41) is 4.04. The highest BCUT2D eigenvalue weighted by Crippen LogP contribution is 2.27. The maximum atomic E-state index is 13.7. The lowest BCUT2D eigenvalue weighted by atomic mass is 10.0. The van der Waals surface area contributed by atoms with E-state index in [-0.39, 0.29) is 18.3 Å². The van der Waals surface area contributed by atoms with E-state index in [1.807, 2.05) is 6.92 Å². The second-order valence-corrected chi connectivity index (χ2v) is 7.86. The van der Waals surface area contributed by atoms with Crippen molar-refractivity contribution >= 4 is 22.5 Å². The Bertz CT molecular complexity index is 1240. The number of hydrogen-bond acceptors (Lipinski definition) is 2. The van der Waals surface area contributed by atoms with Crippen LogP contribution in [0.5, 0.6) is 5.75 Å². The Kier molecular flexibility index (Phi) is 5.76. The van der Waals surface area contributed by atoms with Crippen molar-refractivity contribution in [2.75, 3.05) is 5.32 Å². The summed E-state index contributed by atoms with van der Waals surface area (Å²) in [6.45, 7) is 6.29. The summed E-state index contributed by atoms with van der Waals surface area (Å²) >= 11 is 0. The van der Waals surface area contributed by atoms with Crippen LogP contribution in [-0.4, -0.2) is 10.9 Å². The van der Waals surface area contributed by atoms with E-state index in [0.717, 1.165) is 22.2 Å². The Balaban J connectivity index is 1.41. The molecule has 1 amide bonds. The normalized spacial score (nSPS) is 11.0. The van der Waals surface area contributed by atoms with Gasteiger partial charge in [-0.15, -0.1) is 0 Å². The van der Waals surface area contributed by atoms with Crippen molar-refractivity contribution in [3.63, 3.8) is 0 Å². The average molecular weight is 416 g/mol. The molecule has 0 unspecified atom stereocenters. The van der Waals surface area contributed by atoms with Crippen LogP contribution in [0.25, 0.3) is 10.9 Å². The third-order valence-electron chi connectivity index (χ3n) is 5.40. The van der Waals surface area contributed by atoms with Gasteiger partial charge in [-0.3, -0.25) is 4.79 Å². The van der Waals surface area contributed by atoms with Gasteiger partial charge in [0.2, 0.25) is 5.91 Å².